The number of hydrogen-bond acceptors (Lipinski definition) is 6. The molecule has 0 aliphatic carbocycles. The van der Waals surface area contributed by atoms with Crippen LogP contribution in [0, 0.1) is 13.8 Å². The molecule has 1 fully saturated rings. The topological polar surface area (TPSA) is 64.6 Å². The van der Waals surface area contributed by atoms with E-state index in [1.807, 2.05) is 32.0 Å². The monoisotopic (exact) mass is 341 g/mol. The van der Waals surface area contributed by atoms with Gasteiger partial charge in [0.2, 0.25) is 0 Å². The van der Waals surface area contributed by atoms with Crippen LogP contribution in [0.1, 0.15) is 34.3 Å². The molecule has 132 valence electrons. The molecule has 1 aliphatic heterocycles. The standard InChI is InChI=1S/C19H23N3O3/c1-13-10-16(19(23)24-3)14(2)17(11-13)25-15-5-8-22(9-6-15)18-4-7-20-12-21-18/h4,7,10-12,15H,5-6,8-9H2,1-3H3. The number of ether oxygens (including phenoxy) is 2. The molecule has 0 N–H and O–H groups in total. The van der Waals surface area contributed by atoms with Crippen molar-refractivity contribution in [2.45, 2.75) is 32.8 Å². The highest BCUT2D eigenvalue weighted by Gasteiger charge is 2.23. The highest BCUT2D eigenvalue weighted by Crippen LogP contribution is 2.28. The van der Waals surface area contributed by atoms with Crippen molar-refractivity contribution in [2.24, 2.45) is 0 Å². The highest BCUT2D eigenvalue weighted by atomic mass is 16.5. The molecule has 0 saturated carbocycles. The van der Waals surface area contributed by atoms with Crippen LogP contribution in [0.5, 0.6) is 5.75 Å². The molecule has 25 heavy (non-hydrogen) atoms. The third-order valence-corrected chi connectivity index (χ3v) is 4.54. The largest absolute Gasteiger partial charge is 0.490 e. The molecule has 1 saturated heterocycles. The second-order valence-electron chi connectivity index (χ2n) is 6.30. The van der Waals surface area contributed by atoms with Crippen molar-refractivity contribution >= 4 is 11.8 Å². The molecule has 1 aromatic heterocycles. The fourth-order valence-electron chi connectivity index (χ4n) is 3.12. The Hall–Kier alpha value is -2.63. The van der Waals surface area contributed by atoms with Crippen LogP contribution in [-0.4, -0.2) is 42.2 Å². The molecule has 6 nitrogen and oxygen atoms in total. The van der Waals surface area contributed by atoms with Crippen LogP contribution >= 0.6 is 0 Å². The summed E-state index contributed by atoms with van der Waals surface area (Å²) in [5.74, 6) is 1.39. The molecule has 6 heteroatoms. The fraction of sp³-hybridized carbons (Fsp3) is 0.421. The summed E-state index contributed by atoms with van der Waals surface area (Å²) in [6.45, 7) is 5.63. The fourth-order valence-corrected chi connectivity index (χ4v) is 3.12. The minimum absolute atomic E-state index is 0.129. The van der Waals surface area contributed by atoms with Gasteiger partial charge in [0.05, 0.1) is 12.7 Å². The van der Waals surface area contributed by atoms with Crippen molar-refractivity contribution in [1.82, 2.24) is 9.97 Å². The molecule has 0 amide bonds. The number of anilines is 1. The van der Waals surface area contributed by atoms with Gasteiger partial charge in [0.1, 0.15) is 24.0 Å². The summed E-state index contributed by atoms with van der Waals surface area (Å²) in [5, 5.41) is 0. The van der Waals surface area contributed by atoms with E-state index in [4.69, 9.17) is 9.47 Å². The number of carbonyl (C=O) groups excluding carboxylic acids is 1. The molecule has 0 unspecified atom stereocenters. The number of esters is 1. The third kappa shape index (κ3) is 3.90. The Morgan fingerprint density at radius 1 is 1.24 bits per heavy atom. The number of nitrogens with zero attached hydrogens (tertiary/aromatic N) is 3. The van der Waals surface area contributed by atoms with E-state index in [1.54, 1.807) is 12.5 Å². The Morgan fingerprint density at radius 3 is 2.64 bits per heavy atom. The van der Waals surface area contributed by atoms with E-state index in [0.29, 0.717) is 5.56 Å². The average molecular weight is 341 g/mol. The van der Waals surface area contributed by atoms with Gasteiger partial charge in [0, 0.05) is 37.7 Å². The van der Waals surface area contributed by atoms with E-state index in [-0.39, 0.29) is 12.1 Å². The molecule has 0 spiro atoms. The second kappa shape index (κ2) is 7.51. The van der Waals surface area contributed by atoms with Crippen molar-refractivity contribution in [2.75, 3.05) is 25.1 Å². The lowest BCUT2D eigenvalue weighted by Gasteiger charge is -2.33. The van der Waals surface area contributed by atoms with Gasteiger partial charge >= 0.3 is 5.97 Å². The Balaban J connectivity index is 1.68. The first kappa shape index (κ1) is 17.2. The van der Waals surface area contributed by atoms with Gasteiger partial charge in [-0.2, -0.15) is 0 Å². The molecule has 3 rings (SSSR count). The summed E-state index contributed by atoms with van der Waals surface area (Å²) in [6.07, 6.45) is 5.28. The van der Waals surface area contributed by atoms with Crippen molar-refractivity contribution < 1.29 is 14.3 Å². The van der Waals surface area contributed by atoms with E-state index < -0.39 is 0 Å². The number of benzene rings is 1. The first-order valence-corrected chi connectivity index (χ1v) is 8.45. The second-order valence-corrected chi connectivity index (χ2v) is 6.30. The lowest BCUT2D eigenvalue weighted by Crippen LogP contribution is -2.38. The quantitative estimate of drug-likeness (QED) is 0.797. The molecular formula is C19H23N3O3. The van der Waals surface area contributed by atoms with Gasteiger partial charge in [-0.25, -0.2) is 14.8 Å². The Morgan fingerprint density at radius 2 is 2.00 bits per heavy atom. The first-order chi connectivity index (χ1) is 12.1. The van der Waals surface area contributed by atoms with Crippen LogP contribution in [0.2, 0.25) is 0 Å². The molecule has 1 aromatic carbocycles. The van der Waals surface area contributed by atoms with E-state index >= 15 is 0 Å². The lowest BCUT2D eigenvalue weighted by atomic mass is 10.0. The number of piperidine rings is 1. The molecule has 2 aromatic rings. The molecule has 2 heterocycles. The predicted molar refractivity (Wildman–Crippen MR) is 95.2 cm³/mol. The van der Waals surface area contributed by atoms with Gasteiger partial charge in [0.25, 0.3) is 0 Å². The van der Waals surface area contributed by atoms with Crippen LogP contribution < -0.4 is 9.64 Å². The lowest BCUT2D eigenvalue weighted by molar-refractivity contribution is 0.0598. The first-order valence-electron chi connectivity index (χ1n) is 8.45. The van der Waals surface area contributed by atoms with Gasteiger partial charge < -0.3 is 14.4 Å². The minimum Gasteiger partial charge on any atom is -0.490 e. The number of carbonyl (C=O) groups is 1. The van der Waals surface area contributed by atoms with E-state index in [9.17, 15) is 4.79 Å². The van der Waals surface area contributed by atoms with Crippen LogP contribution in [0.15, 0.2) is 30.7 Å². The Kier molecular flexibility index (Phi) is 5.16. The summed E-state index contributed by atoms with van der Waals surface area (Å²) >= 11 is 0. The van der Waals surface area contributed by atoms with Crippen molar-refractivity contribution in [1.29, 1.82) is 0 Å². The molecule has 0 radical (unpaired) electrons. The number of rotatable bonds is 4. The van der Waals surface area contributed by atoms with E-state index in [2.05, 4.69) is 14.9 Å². The van der Waals surface area contributed by atoms with Gasteiger partial charge in [-0.15, -0.1) is 0 Å². The van der Waals surface area contributed by atoms with E-state index in [1.165, 1.54) is 7.11 Å². The summed E-state index contributed by atoms with van der Waals surface area (Å²) in [6, 6.07) is 5.75. The number of aryl methyl sites for hydroxylation is 1. The third-order valence-electron chi connectivity index (χ3n) is 4.54. The maximum Gasteiger partial charge on any atom is 0.338 e. The van der Waals surface area contributed by atoms with Gasteiger partial charge in [0.15, 0.2) is 0 Å². The van der Waals surface area contributed by atoms with E-state index in [0.717, 1.165) is 48.6 Å². The molecular weight excluding hydrogens is 318 g/mol. The average Bonchev–Trinajstić information content (AvgIpc) is 2.65. The maximum atomic E-state index is 11.9. The zero-order valence-corrected chi connectivity index (χ0v) is 14.9. The van der Waals surface area contributed by atoms with Crippen LogP contribution in [0.25, 0.3) is 0 Å². The van der Waals surface area contributed by atoms with Crippen molar-refractivity contribution in [3.63, 3.8) is 0 Å². The van der Waals surface area contributed by atoms with Crippen LogP contribution in [-0.2, 0) is 4.74 Å². The molecule has 0 atom stereocenters. The SMILES string of the molecule is COC(=O)c1cc(C)cc(OC2CCN(c3ccncn3)CC2)c1C. The Bertz CT molecular complexity index is 741. The van der Waals surface area contributed by atoms with Gasteiger partial charge in [-0.3, -0.25) is 0 Å². The van der Waals surface area contributed by atoms with Crippen LogP contribution in [0.4, 0.5) is 5.82 Å². The number of methoxy groups -OCH3 is 1. The zero-order valence-electron chi connectivity index (χ0n) is 14.9. The summed E-state index contributed by atoms with van der Waals surface area (Å²) in [4.78, 5) is 22.4. The van der Waals surface area contributed by atoms with Gasteiger partial charge in [-0.05, 0) is 37.6 Å². The maximum absolute atomic E-state index is 11.9. The van der Waals surface area contributed by atoms with Crippen molar-refractivity contribution in [3.05, 3.63) is 47.4 Å². The number of hydrogen-bond donors (Lipinski definition) is 0. The Labute approximate surface area is 147 Å². The smallest absolute Gasteiger partial charge is 0.338 e. The van der Waals surface area contributed by atoms with Crippen molar-refractivity contribution in [3.8, 4) is 5.75 Å². The highest BCUT2D eigenvalue weighted by molar-refractivity contribution is 5.92. The summed E-state index contributed by atoms with van der Waals surface area (Å²) in [7, 11) is 1.40. The van der Waals surface area contributed by atoms with Crippen LogP contribution in [0.3, 0.4) is 0 Å². The number of aromatic nitrogens is 2. The summed E-state index contributed by atoms with van der Waals surface area (Å²) in [5.41, 5.74) is 2.38. The predicted octanol–water partition coefficient (Wildman–Crippen LogP) is 2.93. The zero-order chi connectivity index (χ0) is 17.8. The normalized spacial score (nSPS) is 15.1. The summed E-state index contributed by atoms with van der Waals surface area (Å²) < 4.78 is 11.1. The molecule has 0 bridgehead atoms. The van der Waals surface area contributed by atoms with Gasteiger partial charge in [-0.1, -0.05) is 0 Å². The molecule has 1 aliphatic rings. The minimum atomic E-state index is -0.329.